The Morgan fingerprint density at radius 2 is 1.94 bits per heavy atom. The van der Waals surface area contributed by atoms with Crippen LogP contribution in [0.2, 0.25) is 0 Å². The highest BCUT2D eigenvalue weighted by molar-refractivity contribution is 6.27. The van der Waals surface area contributed by atoms with Gasteiger partial charge in [-0.25, -0.2) is 0 Å². The summed E-state index contributed by atoms with van der Waals surface area (Å²) in [6.07, 6.45) is 2.96. The number of aromatic nitrogens is 1. The fourth-order valence-electron chi connectivity index (χ4n) is 5.24. The molecule has 4 amide bonds. The standard InChI is InChI=1S/C27H24N4O5/c32-23-9-8-22(26(34)29-23)31-21-7-5-17(19-2-1-3-20(25(19)21)27(31)35)12-16-4-6-18(28-13-16)14-30-10-11-36-15-24(30)33/h1-7,13,22H,8-12,14-15H2,(H,29,32,34). The molecule has 3 aromatic rings. The molecule has 4 heterocycles. The van der Waals surface area contributed by atoms with Crippen LogP contribution in [0.3, 0.4) is 0 Å². The summed E-state index contributed by atoms with van der Waals surface area (Å²) in [6, 6.07) is 12.8. The highest BCUT2D eigenvalue weighted by Gasteiger charge is 2.40. The maximum atomic E-state index is 13.3. The monoisotopic (exact) mass is 484 g/mol. The van der Waals surface area contributed by atoms with Crippen molar-refractivity contribution in [3.05, 3.63) is 71.0 Å². The highest BCUT2D eigenvalue weighted by Crippen LogP contribution is 2.41. The van der Waals surface area contributed by atoms with Crippen molar-refractivity contribution in [2.45, 2.75) is 31.8 Å². The number of amides is 4. The van der Waals surface area contributed by atoms with E-state index in [1.165, 1.54) is 4.90 Å². The van der Waals surface area contributed by atoms with Crippen LogP contribution in [0.4, 0.5) is 5.69 Å². The van der Waals surface area contributed by atoms with Crippen molar-refractivity contribution in [1.29, 1.82) is 0 Å². The smallest absolute Gasteiger partial charge is 0.259 e. The lowest BCUT2D eigenvalue weighted by atomic mass is 9.96. The maximum absolute atomic E-state index is 13.3. The second kappa shape index (κ2) is 8.83. The zero-order chi connectivity index (χ0) is 24.8. The Morgan fingerprint density at radius 1 is 1.06 bits per heavy atom. The molecule has 6 rings (SSSR count). The van der Waals surface area contributed by atoms with Crippen LogP contribution < -0.4 is 10.2 Å². The fraction of sp³-hybridized carbons (Fsp3) is 0.296. The van der Waals surface area contributed by atoms with Gasteiger partial charge < -0.3 is 9.64 Å². The maximum Gasteiger partial charge on any atom is 0.259 e. The first kappa shape index (κ1) is 22.4. The van der Waals surface area contributed by atoms with Crippen LogP contribution >= 0.6 is 0 Å². The fourth-order valence-corrected chi connectivity index (χ4v) is 5.24. The molecule has 2 aromatic carbocycles. The molecule has 0 bridgehead atoms. The van der Waals surface area contributed by atoms with Gasteiger partial charge in [-0.1, -0.05) is 24.3 Å². The van der Waals surface area contributed by atoms with Crippen molar-refractivity contribution < 1.29 is 23.9 Å². The number of nitrogens with zero attached hydrogens (tertiary/aromatic N) is 3. The predicted octanol–water partition coefficient (Wildman–Crippen LogP) is 1.95. The van der Waals surface area contributed by atoms with E-state index in [9.17, 15) is 19.2 Å². The molecule has 2 saturated heterocycles. The molecule has 0 aliphatic carbocycles. The van der Waals surface area contributed by atoms with E-state index in [1.807, 2.05) is 42.6 Å². The van der Waals surface area contributed by atoms with Crippen molar-refractivity contribution in [3.8, 4) is 0 Å². The van der Waals surface area contributed by atoms with E-state index in [0.717, 1.165) is 27.6 Å². The highest BCUT2D eigenvalue weighted by atomic mass is 16.5. The van der Waals surface area contributed by atoms with Crippen LogP contribution in [0, 0.1) is 0 Å². The van der Waals surface area contributed by atoms with Crippen molar-refractivity contribution in [3.63, 3.8) is 0 Å². The van der Waals surface area contributed by atoms with Gasteiger partial charge in [0.2, 0.25) is 17.7 Å². The Hall–Kier alpha value is -4.11. The van der Waals surface area contributed by atoms with Crippen LogP contribution in [-0.2, 0) is 32.1 Å². The van der Waals surface area contributed by atoms with E-state index in [0.29, 0.717) is 43.8 Å². The first-order valence-electron chi connectivity index (χ1n) is 12.0. The summed E-state index contributed by atoms with van der Waals surface area (Å²) in [7, 11) is 0. The van der Waals surface area contributed by atoms with E-state index in [4.69, 9.17) is 4.74 Å². The molecule has 9 heteroatoms. The molecule has 9 nitrogen and oxygen atoms in total. The zero-order valence-corrected chi connectivity index (χ0v) is 19.5. The molecule has 0 spiro atoms. The van der Waals surface area contributed by atoms with Gasteiger partial charge in [-0.15, -0.1) is 0 Å². The normalized spacial score (nSPS) is 19.8. The molecule has 1 aromatic heterocycles. The second-order valence-corrected chi connectivity index (χ2v) is 9.32. The lowest BCUT2D eigenvalue weighted by Gasteiger charge is -2.30. The molecule has 3 aliphatic rings. The van der Waals surface area contributed by atoms with Crippen LogP contribution in [0.1, 0.15) is 40.0 Å². The molecule has 3 aliphatic heterocycles. The molecule has 2 fully saturated rings. The van der Waals surface area contributed by atoms with E-state index in [2.05, 4.69) is 10.3 Å². The Kier molecular flexibility index (Phi) is 5.49. The van der Waals surface area contributed by atoms with Gasteiger partial charge in [0, 0.05) is 30.1 Å². The number of carbonyl (C=O) groups excluding carboxylic acids is 4. The average molecular weight is 485 g/mol. The zero-order valence-electron chi connectivity index (χ0n) is 19.5. The Balaban J connectivity index is 1.27. The summed E-state index contributed by atoms with van der Waals surface area (Å²) in [6.45, 7) is 1.68. The Labute approximate surface area is 207 Å². The number of anilines is 1. The number of hydrogen-bond acceptors (Lipinski definition) is 6. The van der Waals surface area contributed by atoms with Gasteiger partial charge in [-0.2, -0.15) is 0 Å². The third kappa shape index (κ3) is 3.81. The summed E-state index contributed by atoms with van der Waals surface area (Å²) in [4.78, 5) is 57.3. The molecule has 0 saturated carbocycles. The van der Waals surface area contributed by atoms with Crippen LogP contribution in [0.5, 0.6) is 0 Å². The SMILES string of the molecule is O=C1CCC(N2C(=O)c3cccc4c(Cc5ccc(CN6CCOCC6=O)nc5)ccc2c34)C(=O)N1. The third-order valence-electron chi connectivity index (χ3n) is 7.06. The number of pyridine rings is 1. The molecular formula is C27H24N4O5. The van der Waals surface area contributed by atoms with Gasteiger partial charge in [0.15, 0.2) is 0 Å². The van der Waals surface area contributed by atoms with Crippen molar-refractivity contribution in [1.82, 2.24) is 15.2 Å². The molecule has 1 atom stereocenters. The van der Waals surface area contributed by atoms with E-state index in [1.54, 1.807) is 11.0 Å². The number of hydrogen-bond donors (Lipinski definition) is 1. The number of nitrogens with one attached hydrogen (secondary N) is 1. The summed E-state index contributed by atoms with van der Waals surface area (Å²) in [5.74, 6) is -0.988. The second-order valence-electron chi connectivity index (χ2n) is 9.32. The molecule has 1 N–H and O–H groups in total. The number of ether oxygens (including phenoxy) is 1. The number of piperidine rings is 1. The van der Waals surface area contributed by atoms with Gasteiger partial charge in [0.1, 0.15) is 12.6 Å². The van der Waals surface area contributed by atoms with Gasteiger partial charge in [0.05, 0.1) is 24.5 Å². The molecule has 1 unspecified atom stereocenters. The largest absolute Gasteiger partial charge is 0.370 e. The van der Waals surface area contributed by atoms with Crippen molar-refractivity contribution in [2.75, 3.05) is 24.7 Å². The Bertz CT molecular complexity index is 1420. The third-order valence-corrected chi connectivity index (χ3v) is 7.06. The molecule has 36 heavy (non-hydrogen) atoms. The van der Waals surface area contributed by atoms with Crippen molar-refractivity contribution >= 4 is 40.1 Å². The van der Waals surface area contributed by atoms with Gasteiger partial charge >= 0.3 is 0 Å². The van der Waals surface area contributed by atoms with E-state index in [-0.39, 0.29) is 30.7 Å². The first-order valence-corrected chi connectivity index (χ1v) is 12.0. The lowest BCUT2D eigenvalue weighted by molar-refractivity contribution is -0.143. The summed E-state index contributed by atoms with van der Waals surface area (Å²) >= 11 is 0. The lowest BCUT2D eigenvalue weighted by Crippen LogP contribution is -2.53. The quantitative estimate of drug-likeness (QED) is 0.555. The Morgan fingerprint density at radius 3 is 2.72 bits per heavy atom. The average Bonchev–Trinajstić information content (AvgIpc) is 3.16. The number of rotatable bonds is 5. The first-order chi connectivity index (χ1) is 17.5. The number of benzene rings is 2. The van der Waals surface area contributed by atoms with E-state index < -0.39 is 11.9 Å². The molecule has 0 radical (unpaired) electrons. The minimum absolute atomic E-state index is 0.0269. The van der Waals surface area contributed by atoms with Crippen LogP contribution in [0.15, 0.2) is 48.7 Å². The van der Waals surface area contributed by atoms with Gasteiger partial charge in [-0.3, -0.25) is 34.4 Å². The number of carbonyl (C=O) groups is 4. The topological polar surface area (TPSA) is 109 Å². The number of morpholine rings is 1. The van der Waals surface area contributed by atoms with E-state index >= 15 is 0 Å². The molecular weight excluding hydrogens is 460 g/mol. The summed E-state index contributed by atoms with van der Waals surface area (Å²) in [5.41, 5.74) is 4.15. The minimum Gasteiger partial charge on any atom is -0.370 e. The van der Waals surface area contributed by atoms with Gasteiger partial charge in [0.25, 0.3) is 5.91 Å². The number of imide groups is 1. The van der Waals surface area contributed by atoms with Gasteiger partial charge in [-0.05, 0) is 47.6 Å². The van der Waals surface area contributed by atoms with Crippen LogP contribution in [-0.4, -0.2) is 59.3 Å². The van der Waals surface area contributed by atoms with Crippen molar-refractivity contribution in [2.24, 2.45) is 0 Å². The van der Waals surface area contributed by atoms with Crippen LogP contribution in [0.25, 0.3) is 10.8 Å². The minimum atomic E-state index is -0.702. The molecule has 182 valence electrons. The summed E-state index contributed by atoms with van der Waals surface area (Å²) in [5, 5.41) is 4.14. The summed E-state index contributed by atoms with van der Waals surface area (Å²) < 4.78 is 5.18. The predicted molar refractivity (Wildman–Crippen MR) is 130 cm³/mol.